The molecule has 4 aromatic heterocycles. The Balaban J connectivity index is 1.51. The minimum absolute atomic E-state index is 0.0483. The van der Waals surface area contributed by atoms with Crippen LogP contribution in [0.1, 0.15) is 40.0 Å². The van der Waals surface area contributed by atoms with Gasteiger partial charge in [-0.05, 0) is 35.7 Å². The number of Topliss-reactive ketones (excluding diaryl/α,β-unsaturated/α-hetero) is 1. The molecule has 0 fully saturated rings. The molecular formula is C31H26N8O2. The molecule has 0 radical (unpaired) electrons. The highest BCUT2D eigenvalue weighted by Crippen LogP contribution is 2.28. The van der Waals surface area contributed by atoms with Crippen molar-refractivity contribution in [2.45, 2.75) is 18.9 Å². The lowest BCUT2D eigenvalue weighted by atomic mass is 9.90. The van der Waals surface area contributed by atoms with Gasteiger partial charge in [0.15, 0.2) is 17.2 Å². The highest BCUT2D eigenvalue weighted by atomic mass is 16.1. The molecule has 6 aromatic rings. The fraction of sp³-hybridized carbons (Fsp3) is 0.129. The number of ketones is 1. The number of fused-ring (bicyclic) bond motifs is 2. The van der Waals surface area contributed by atoms with Crippen molar-refractivity contribution < 1.29 is 4.79 Å². The van der Waals surface area contributed by atoms with Crippen LogP contribution in [0.15, 0.2) is 90.2 Å². The number of pyridine rings is 1. The maximum Gasteiger partial charge on any atom is 0.264 e. The van der Waals surface area contributed by atoms with Gasteiger partial charge < -0.3 is 11.5 Å². The Morgan fingerprint density at radius 3 is 2.61 bits per heavy atom. The van der Waals surface area contributed by atoms with E-state index in [1.807, 2.05) is 74.8 Å². The number of anilines is 1. The van der Waals surface area contributed by atoms with Gasteiger partial charge in [-0.2, -0.15) is 5.10 Å². The molecule has 0 aliphatic heterocycles. The molecule has 202 valence electrons. The minimum Gasteiger partial charge on any atom is -0.382 e. The number of hydrogen-bond acceptors (Lipinski definition) is 7. The third-order valence-electron chi connectivity index (χ3n) is 7.11. The van der Waals surface area contributed by atoms with E-state index in [-0.39, 0.29) is 16.9 Å². The first kappa shape index (κ1) is 25.7. The van der Waals surface area contributed by atoms with E-state index in [4.69, 9.17) is 11.5 Å². The SMILES string of the molecule is CC(c1cc2cccc(C#Cc3cnn(C)c3)c2c(=O)n1-c1ccccc1)C(N)C(=O)c1c(N)nn2cccnc12. The highest BCUT2D eigenvalue weighted by Gasteiger charge is 2.31. The fourth-order valence-corrected chi connectivity index (χ4v) is 5.01. The highest BCUT2D eigenvalue weighted by molar-refractivity contribution is 6.09. The number of aromatic nitrogens is 6. The summed E-state index contributed by atoms with van der Waals surface area (Å²) < 4.78 is 4.72. The first-order valence-electron chi connectivity index (χ1n) is 13.0. The lowest BCUT2D eigenvalue weighted by Crippen LogP contribution is -2.38. The topological polar surface area (TPSA) is 139 Å². The number of carbonyl (C=O) groups excluding carboxylic acids is 1. The first-order chi connectivity index (χ1) is 19.8. The van der Waals surface area contributed by atoms with E-state index in [9.17, 15) is 9.59 Å². The zero-order valence-electron chi connectivity index (χ0n) is 22.4. The van der Waals surface area contributed by atoms with Crippen LogP contribution >= 0.6 is 0 Å². The number of rotatable bonds is 5. The standard InChI is InChI=1S/C31H26N8O2/c1-19(27(32)28(40)26-29(33)36-38-15-7-14-34-30(26)38)24-16-22-9-6-8-21(13-12-20-17-35-37(2)18-20)25(22)31(41)39(24)23-10-4-3-5-11-23/h3-11,14-19,27H,32H2,1-2H3,(H2,33,36). The average Bonchev–Trinajstić information content (AvgIpc) is 3.56. The predicted octanol–water partition coefficient (Wildman–Crippen LogP) is 3.06. The second-order valence-corrected chi connectivity index (χ2v) is 9.79. The molecular weight excluding hydrogens is 516 g/mol. The van der Waals surface area contributed by atoms with E-state index in [1.54, 1.807) is 33.9 Å². The Hall–Kier alpha value is -5.53. The quantitative estimate of drug-likeness (QED) is 0.252. The number of nitrogen functional groups attached to an aromatic ring is 1. The molecule has 2 aromatic carbocycles. The van der Waals surface area contributed by atoms with E-state index in [1.165, 1.54) is 4.52 Å². The summed E-state index contributed by atoms with van der Waals surface area (Å²) in [6.45, 7) is 1.82. The summed E-state index contributed by atoms with van der Waals surface area (Å²) in [7, 11) is 1.82. The molecule has 2 atom stereocenters. The fourth-order valence-electron chi connectivity index (χ4n) is 5.01. The summed E-state index contributed by atoms with van der Waals surface area (Å²) in [5, 5.41) is 9.52. The number of carbonyl (C=O) groups is 1. The number of aryl methyl sites for hydroxylation is 1. The van der Waals surface area contributed by atoms with Crippen molar-refractivity contribution in [3.05, 3.63) is 118 Å². The number of nitrogens with two attached hydrogens (primary N) is 2. The van der Waals surface area contributed by atoms with Crippen molar-refractivity contribution in [3.8, 4) is 17.5 Å². The van der Waals surface area contributed by atoms with Crippen LogP contribution in [0.2, 0.25) is 0 Å². The molecule has 10 nitrogen and oxygen atoms in total. The summed E-state index contributed by atoms with van der Waals surface area (Å²) in [5.74, 6) is 5.29. The molecule has 0 saturated carbocycles. The van der Waals surface area contributed by atoms with Crippen LogP contribution in [-0.2, 0) is 7.05 Å². The maximum absolute atomic E-state index is 14.3. The monoisotopic (exact) mass is 542 g/mol. The first-order valence-corrected chi connectivity index (χ1v) is 13.0. The average molecular weight is 543 g/mol. The lowest BCUT2D eigenvalue weighted by molar-refractivity contribution is 0.0952. The molecule has 0 spiro atoms. The molecule has 0 aliphatic carbocycles. The Bertz CT molecular complexity index is 2060. The third-order valence-corrected chi connectivity index (χ3v) is 7.11. The molecule has 0 bridgehead atoms. The van der Waals surface area contributed by atoms with Crippen molar-refractivity contribution in [2.75, 3.05) is 5.73 Å². The Morgan fingerprint density at radius 1 is 1.05 bits per heavy atom. The minimum atomic E-state index is -1.03. The van der Waals surface area contributed by atoms with Crippen LogP contribution in [-0.4, -0.2) is 40.8 Å². The Kier molecular flexibility index (Phi) is 6.41. The molecule has 2 unspecified atom stereocenters. The maximum atomic E-state index is 14.3. The summed E-state index contributed by atoms with van der Waals surface area (Å²) in [6, 6.07) is 17.4. The number of benzene rings is 2. The van der Waals surface area contributed by atoms with Gasteiger partial charge in [-0.15, -0.1) is 5.10 Å². The lowest BCUT2D eigenvalue weighted by Gasteiger charge is -2.24. The molecule has 0 amide bonds. The summed E-state index contributed by atoms with van der Waals surface area (Å²) in [6.07, 6.45) is 6.71. The predicted molar refractivity (Wildman–Crippen MR) is 157 cm³/mol. The van der Waals surface area contributed by atoms with Crippen LogP contribution in [0.25, 0.3) is 22.1 Å². The van der Waals surface area contributed by atoms with Gasteiger partial charge in [0.2, 0.25) is 0 Å². The summed E-state index contributed by atoms with van der Waals surface area (Å²) in [4.78, 5) is 32.2. The Morgan fingerprint density at radius 2 is 1.85 bits per heavy atom. The van der Waals surface area contributed by atoms with Gasteiger partial charge >= 0.3 is 0 Å². The molecule has 0 saturated heterocycles. The number of nitrogens with zero attached hydrogens (tertiary/aromatic N) is 6. The summed E-state index contributed by atoms with van der Waals surface area (Å²) >= 11 is 0. The van der Waals surface area contributed by atoms with E-state index in [0.717, 1.165) is 5.56 Å². The van der Waals surface area contributed by atoms with E-state index in [0.29, 0.717) is 33.4 Å². The molecule has 0 aliphatic rings. The molecule has 41 heavy (non-hydrogen) atoms. The second-order valence-electron chi connectivity index (χ2n) is 9.79. The van der Waals surface area contributed by atoms with Crippen LogP contribution in [0, 0.1) is 11.8 Å². The number of hydrogen-bond donors (Lipinski definition) is 2. The molecule has 10 heteroatoms. The normalized spacial score (nSPS) is 12.7. The molecule has 4 N–H and O–H groups in total. The van der Waals surface area contributed by atoms with Crippen molar-refractivity contribution >= 4 is 28.0 Å². The van der Waals surface area contributed by atoms with Crippen molar-refractivity contribution in [2.24, 2.45) is 12.8 Å². The zero-order valence-corrected chi connectivity index (χ0v) is 22.4. The summed E-state index contributed by atoms with van der Waals surface area (Å²) in [5.41, 5.74) is 15.5. The van der Waals surface area contributed by atoms with Gasteiger partial charge in [-0.1, -0.05) is 49.1 Å². The molecule has 4 heterocycles. The van der Waals surface area contributed by atoms with Gasteiger partial charge in [0, 0.05) is 48.5 Å². The third kappa shape index (κ3) is 4.54. The Labute approximate surface area is 234 Å². The van der Waals surface area contributed by atoms with Gasteiger partial charge in [0.1, 0.15) is 5.56 Å². The van der Waals surface area contributed by atoms with Crippen molar-refractivity contribution in [1.29, 1.82) is 0 Å². The van der Waals surface area contributed by atoms with E-state index >= 15 is 0 Å². The second kappa shape index (κ2) is 10.2. The van der Waals surface area contributed by atoms with Crippen molar-refractivity contribution in [3.63, 3.8) is 0 Å². The van der Waals surface area contributed by atoms with E-state index in [2.05, 4.69) is 27.0 Å². The zero-order chi connectivity index (χ0) is 28.7. The number of para-hydroxylation sites is 1. The van der Waals surface area contributed by atoms with Gasteiger partial charge in [-0.3, -0.25) is 18.8 Å². The molecule has 6 rings (SSSR count). The van der Waals surface area contributed by atoms with Crippen LogP contribution in [0.3, 0.4) is 0 Å². The van der Waals surface area contributed by atoms with Gasteiger partial charge in [-0.25, -0.2) is 9.50 Å². The van der Waals surface area contributed by atoms with Crippen molar-refractivity contribution in [1.82, 2.24) is 28.9 Å². The van der Waals surface area contributed by atoms with E-state index < -0.39 is 17.7 Å². The smallest absolute Gasteiger partial charge is 0.264 e. The van der Waals surface area contributed by atoms with Gasteiger partial charge in [0.05, 0.1) is 23.2 Å². The van der Waals surface area contributed by atoms with Crippen LogP contribution < -0.4 is 17.0 Å². The van der Waals surface area contributed by atoms with Crippen LogP contribution in [0.5, 0.6) is 0 Å². The largest absolute Gasteiger partial charge is 0.382 e. The van der Waals surface area contributed by atoms with Crippen LogP contribution in [0.4, 0.5) is 5.82 Å². The van der Waals surface area contributed by atoms with Gasteiger partial charge in [0.25, 0.3) is 5.56 Å².